The van der Waals surface area contributed by atoms with Crippen LogP contribution in [0.15, 0.2) is 0 Å². The van der Waals surface area contributed by atoms with E-state index in [-0.39, 0.29) is 0 Å². The van der Waals surface area contributed by atoms with Gasteiger partial charge in [0.1, 0.15) is 0 Å². The zero-order valence-corrected chi connectivity index (χ0v) is 17.8. The molecule has 2 heteroatoms. The Hall–Kier alpha value is 0.177. The predicted molar refractivity (Wildman–Crippen MR) is 102 cm³/mol. The molecule has 0 aromatic heterocycles. The molecule has 0 amide bonds. The standard InChI is InChI=1S/C19H44NSi/c1-4-5-6-7-8-9-10-11-12-13-14-15-17-20(2,3)18-16-19-21/h4-19H2,1-3,21H3/q+1. The highest BCUT2D eigenvalue weighted by atomic mass is 28.1. The van der Waals surface area contributed by atoms with Gasteiger partial charge in [-0.3, -0.25) is 0 Å². The fourth-order valence-electron chi connectivity index (χ4n) is 3.08. The van der Waals surface area contributed by atoms with Crippen molar-refractivity contribution in [1.29, 1.82) is 0 Å². The summed E-state index contributed by atoms with van der Waals surface area (Å²) < 4.78 is 1.25. The molecule has 21 heavy (non-hydrogen) atoms. The van der Waals surface area contributed by atoms with E-state index in [1.165, 1.54) is 117 Å². The van der Waals surface area contributed by atoms with Gasteiger partial charge in [0.05, 0.1) is 27.2 Å². The Morgan fingerprint density at radius 3 is 1.38 bits per heavy atom. The van der Waals surface area contributed by atoms with E-state index >= 15 is 0 Å². The largest absolute Gasteiger partial charge is 0.328 e. The predicted octanol–water partition coefficient (Wildman–Crippen LogP) is 4.94. The molecule has 0 atom stereocenters. The van der Waals surface area contributed by atoms with Crippen LogP contribution in [0.3, 0.4) is 0 Å². The van der Waals surface area contributed by atoms with Gasteiger partial charge in [0.15, 0.2) is 0 Å². The molecule has 0 fully saturated rings. The number of hydrogen-bond acceptors (Lipinski definition) is 0. The molecule has 0 aliphatic rings. The van der Waals surface area contributed by atoms with E-state index in [2.05, 4.69) is 21.0 Å². The third kappa shape index (κ3) is 16.4. The Morgan fingerprint density at radius 2 is 0.952 bits per heavy atom. The van der Waals surface area contributed by atoms with Crippen LogP contribution < -0.4 is 0 Å². The molecule has 0 unspecified atom stereocenters. The monoisotopic (exact) mass is 314 g/mol. The third-order valence-electron chi connectivity index (χ3n) is 4.73. The van der Waals surface area contributed by atoms with Gasteiger partial charge in [-0.2, -0.15) is 0 Å². The van der Waals surface area contributed by atoms with Crippen molar-refractivity contribution < 1.29 is 4.48 Å². The maximum absolute atomic E-state index is 2.41. The first-order valence-corrected chi connectivity index (χ1v) is 11.4. The van der Waals surface area contributed by atoms with Crippen molar-refractivity contribution >= 4 is 10.2 Å². The Balaban J connectivity index is 3.18. The molecule has 0 aliphatic carbocycles. The van der Waals surface area contributed by atoms with Gasteiger partial charge in [-0.15, -0.1) is 0 Å². The second-order valence-electron chi connectivity index (χ2n) is 7.63. The molecule has 0 radical (unpaired) electrons. The second kappa shape index (κ2) is 15.1. The minimum atomic E-state index is 1.25. The van der Waals surface area contributed by atoms with Crippen LogP contribution >= 0.6 is 0 Å². The van der Waals surface area contributed by atoms with Gasteiger partial charge in [0, 0.05) is 10.2 Å². The molecule has 0 rings (SSSR count). The molecule has 0 heterocycles. The van der Waals surface area contributed by atoms with Crippen molar-refractivity contribution in [2.75, 3.05) is 27.2 Å². The number of rotatable bonds is 16. The molecule has 0 saturated carbocycles. The molecule has 0 aromatic rings. The lowest BCUT2D eigenvalue weighted by Crippen LogP contribution is -2.41. The van der Waals surface area contributed by atoms with Crippen molar-refractivity contribution in [1.82, 2.24) is 0 Å². The maximum Gasteiger partial charge on any atom is 0.0782 e. The van der Waals surface area contributed by atoms with Gasteiger partial charge in [-0.05, 0) is 19.3 Å². The van der Waals surface area contributed by atoms with Crippen molar-refractivity contribution in [3.05, 3.63) is 0 Å². The summed E-state index contributed by atoms with van der Waals surface area (Å²) in [6, 6.07) is 1.47. The van der Waals surface area contributed by atoms with Crippen LogP contribution in [0, 0.1) is 0 Å². The SMILES string of the molecule is CCCCCCCCCCCCCC[N+](C)(C)CCC[SiH3]. The summed E-state index contributed by atoms with van der Waals surface area (Å²) in [7, 11) is 6.20. The lowest BCUT2D eigenvalue weighted by Gasteiger charge is -2.29. The number of nitrogens with zero attached hydrogens (tertiary/aromatic N) is 1. The van der Waals surface area contributed by atoms with Crippen LogP contribution in [-0.4, -0.2) is 41.9 Å². The first-order valence-electron chi connectivity index (χ1n) is 9.94. The number of hydrogen-bond donors (Lipinski definition) is 0. The summed E-state index contributed by atoms with van der Waals surface area (Å²) >= 11 is 0. The number of unbranched alkanes of at least 4 members (excludes halogenated alkanes) is 11. The minimum absolute atomic E-state index is 1.25. The van der Waals surface area contributed by atoms with E-state index in [1.54, 1.807) is 0 Å². The van der Waals surface area contributed by atoms with Crippen LogP contribution in [0.1, 0.15) is 90.4 Å². The van der Waals surface area contributed by atoms with Gasteiger partial charge in [-0.25, -0.2) is 0 Å². The smallest absolute Gasteiger partial charge is 0.0782 e. The first-order chi connectivity index (χ1) is 10.1. The lowest BCUT2D eigenvalue weighted by atomic mass is 10.1. The Morgan fingerprint density at radius 1 is 0.571 bits per heavy atom. The summed E-state index contributed by atoms with van der Waals surface area (Å²) in [5.41, 5.74) is 0. The van der Waals surface area contributed by atoms with E-state index < -0.39 is 0 Å². The molecule has 0 aromatic carbocycles. The molecule has 128 valence electrons. The average Bonchev–Trinajstić information content (AvgIpc) is 2.46. The highest BCUT2D eigenvalue weighted by Gasteiger charge is 2.12. The van der Waals surface area contributed by atoms with E-state index in [4.69, 9.17) is 0 Å². The quantitative estimate of drug-likeness (QED) is 0.215. The van der Waals surface area contributed by atoms with E-state index in [0.29, 0.717) is 0 Å². The average molecular weight is 315 g/mol. The van der Waals surface area contributed by atoms with Gasteiger partial charge >= 0.3 is 0 Å². The van der Waals surface area contributed by atoms with Crippen LogP contribution in [0.25, 0.3) is 0 Å². The normalized spacial score (nSPS) is 12.1. The zero-order chi connectivity index (χ0) is 15.8. The minimum Gasteiger partial charge on any atom is -0.328 e. The van der Waals surface area contributed by atoms with Crippen molar-refractivity contribution in [2.45, 2.75) is 96.4 Å². The van der Waals surface area contributed by atoms with E-state index in [0.717, 1.165) is 0 Å². The molecule has 0 N–H and O–H groups in total. The molecule has 0 saturated heterocycles. The highest BCUT2D eigenvalue weighted by molar-refractivity contribution is 6.08. The molecular weight excluding hydrogens is 270 g/mol. The maximum atomic E-state index is 2.41. The second-order valence-corrected chi connectivity index (χ2v) is 8.63. The van der Waals surface area contributed by atoms with Crippen molar-refractivity contribution in [3.8, 4) is 0 Å². The van der Waals surface area contributed by atoms with E-state index in [1.807, 2.05) is 0 Å². The van der Waals surface area contributed by atoms with Crippen molar-refractivity contribution in [3.63, 3.8) is 0 Å². The van der Waals surface area contributed by atoms with Crippen molar-refractivity contribution in [2.24, 2.45) is 0 Å². The van der Waals surface area contributed by atoms with Crippen LogP contribution in [0.4, 0.5) is 0 Å². The highest BCUT2D eigenvalue weighted by Crippen LogP contribution is 2.13. The lowest BCUT2D eigenvalue weighted by molar-refractivity contribution is -0.890. The van der Waals surface area contributed by atoms with Gasteiger partial charge in [-0.1, -0.05) is 77.2 Å². The Kier molecular flexibility index (Phi) is 15.2. The zero-order valence-electron chi connectivity index (χ0n) is 15.8. The van der Waals surface area contributed by atoms with Crippen LogP contribution in [-0.2, 0) is 0 Å². The van der Waals surface area contributed by atoms with E-state index in [9.17, 15) is 0 Å². The fraction of sp³-hybridized carbons (Fsp3) is 1.00. The molecule has 0 aliphatic heterocycles. The Labute approximate surface area is 138 Å². The molecular formula is C19H44NSi+. The Bertz CT molecular complexity index is 204. The van der Waals surface area contributed by atoms with Gasteiger partial charge in [0.2, 0.25) is 0 Å². The van der Waals surface area contributed by atoms with Crippen LogP contribution in [0.2, 0.25) is 6.04 Å². The summed E-state index contributed by atoms with van der Waals surface area (Å²) in [5, 5.41) is 0. The van der Waals surface area contributed by atoms with Gasteiger partial charge < -0.3 is 4.48 Å². The summed E-state index contributed by atoms with van der Waals surface area (Å²) in [6.07, 6.45) is 18.9. The summed E-state index contributed by atoms with van der Waals surface area (Å²) in [5.74, 6) is 0. The first kappa shape index (κ1) is 21.2. The summed E-state index contributed by atoms with van der Waals surface area (Å²) in [4.78, 5) is 0. The molecule has 0 spiro atoms. The van der Waals surface area contributed by atoms with Crippen LogP contribution in [0.5, 0.6) is 0 Å². The summed E-state index contributed by atoms with van der Waals surface area (Å²) in [6.45, 7) is 5.08. The van der Waals surface area contributed by atoms with Gasteiger partial charge in [0.25, 0.3) is 0 Å². The molecule has 1 nitrogen and oxygen atoms in total. The third-order valence-corrected chi connectivity index (χ3v) is 5.44. The molecule has 0 bridgehead atoms. The fourth-order valence-corrected chi connectivity index (χ4v) is 3.40. The number of quaternary nitrogens is 1. The topological polar surface area (TPSA) is 0 Å².